The number of nitrogens with one attached hydrogen (secondary N) is 1. The first kappa shape index (κ1) is 16.8. The number of halogens is 2. The van der Waals surface area contributed by atoms with Gasteiger partial charge in [0.1, 0.15) is 5.75 Å². The van der Waals surface area contributed by atoms with Gasteiger partial charge in [0.2, 0.25) is 5.92 Å². The highest BCUT2D eigenvalue weighted by atomic mass is 19.3. The topological polar surface area (TPSA) is 28.3 Å². The minimum atomic E-state index is -2.44. The van der Waals surface area contributed by atoms with Gasteiger partial charge in [-0.15, -0.1) is 0 Å². The monoisotopic (exact) mass is 348 g/mol. The number of aryl methyl sites for hydroxylation is 1. The van der Waals surface area contributed by atoms with Crippen LogP contribution in [-0.2, 0) is 6.54 Å². The summed E-state index contributed by atoms with van der Waals surface area (Å²) in [5.74, 6) is -1.53. The summed E-state index contributed by atoms with van der Waals surface area (Å²) < 4.78 is 32.9. The molecular weight excluding hydrogens is 322 g/mol. The Labute approximate surface area is 147 Å². The lowest BCUT2D eigenvalue weighted by atomic mass is 9.77. The summed E-state index contributed by atoms with van der Waals surface area (Å²) in [6.07, 6.45) is 4.57. The summed E-state index contributed by atoms with van der Waals surface area (Å²) in [6, 6.07) is 4.18. The minimum absolute atomic E-state index is 0.0722. The normalized spacial score (nSPS) is 22.7. The number of alkyl halides is 2. The fourth-order valence-corrected chi connectivity index (χ4v) is 4.79. The van der Waals surface area contributed by atoms with E-state index in [0.29, 0.717) is 6.42 Å². The second-order valence-corrected chi connectivity index (χ2v) is 7.95. The van der Waals surface area contributed by atoms with Gasteiger partial charge < -0.3 is 9.72 Å². The number of fused-ring (bicyclic) bond motifs is 1. The van der Waals surface area contributed by atoms with E-state index in [1.54, 1.807) is 7.11 Å². The average molecular weight is 348 g/mol. The molecule has 1 aliphatic carbocycles. The zero-order valence-electron chi connectivity index (χ0n) is 15.0. The van der Waals surface area contributed by atoms with Gasteiger partial charge in [-0.25, -0.2) is 8.78 Å². The minimum Gasteiger partial charge on any atom is -0.496 e. The molecule has 5 heteroatoms. The standard InChI is InChI=1S/C20H26F2N2O/c1-14-11-17(25-2)16(15-3-8-23-18(14)15)12-24-9-6-19(7-10-24)4-5-20(21,22)13-19/h3,8,11,23H,4-7,9-10,12-13H2,1-2H3. The van der Waals surface area contributed by atoms with Crippen molar-refractivity contribution in [3.8, 4) is 5.75 Å². The lowest BCUT2D eigenvalue weighted by Gasteiger charge is -2.39. The number of benzene rings is 1. The van der Waals surface area contributed by atoms with Crippen LogP contribution in [0.5, 0.6) is 5.75 Å². The Balaban J connectivity index is 1.52. The molecule has 3 nitrogen and oxygen atoms in total. The van der Waals surface area contributed by atoms with E-state index in [2.05, 4.69) is 28.9 Å². The summed E-state index contributed by atoms with van der Waals surface area (Å²) in [4.78, 5) is 5.70. The summed E-state index contributed by atoms with van der Waals surface area (Å²) in [5, 5.41) is 1.20. The molecule has 0 radical (unpaired) electrons. The number of likely N-dealkylation sites (tertiary alicyclic amines) is 1. The molecule has 2 aromatic rings. The fourth-order valence-electron chi connectivity index (χ4n) is 4.79. The number of aromatic nitrogens is 1. The number of piperidine rings is 1. The lowest BCUT2D eigenvalue weighted by Crippen LogP contribution is -2.39. The lowest BCUT2D eigenvalue weighted by molar-refractivity contribution is -0.0138. The number of rotatable bonds is 3. The number of methoxy groups -OCH3 is 1. The molecule has 1 aromatic heterocycles. The van der Waals surface area contributed by atoms with Crippen LogP contribution >= 0.6 is 0 Å². The van der Waals surface area contributed by atoms with Crippen molar-refractivity contribution in [2.75, 3.05) is 20.2 Å². The predicted molar refractivity (Wildman–Crippen MR) is 95.3 cm³/mol. The van der Waals surface area contributed by atoms with Crippen molar-refractivity contribution >= 4 is 10.9 Å². The number of H-pyrrole nitrogens is 1. The largest absolute Gasteiger partial charge is 0.496 e. The quantitative estimate of drug-likeness (QED) is 0.856. The molecule has 0 bridgehead atoms. The third-order valence-corrected chi connectivity index (χ3v) is 6.28. The van der Waals surface area contributed by atoms with Crippen molar-refractivity contribution in [1.82, 2.24) is 9.88 Å². The summed E-state index contributed by atoms with van der Waals surface area (Å²) in [7, 11) is 1.71. The predicted octanol–water partition coefficient (Wildman–Crippen LogP) is 4.89. The van der Waals surface area contributed by atoms with Gasteiger partial charge in [-0.05, 0) is 62.4 Å². The SMILES string of the molecule is COc1cc(C)c2[nH]ccc2c1CN1CCC2(CC1)CCC(F)(F)C2. The molecule has 2 aliphatic rings. The van der Waals surface area contributed by atoms with Crippen molar-refractivity contribution in [2.45, 2.75) is 51.5 Å². The van der Waals surface area contributed by atoms with Gasteiger partial charge >= 0.3 is 0 Å². The van der Waals surface area contributed by atoms with Crippen LogP contribution in [0.15, 0.2) is 18.3 Å². The molecule has 0 atom stereocenters. The maximum atomic E-state index is 13.7. The molecule has 4 rings (SSSR count). The van der Waals surface area contributed by atoms with E-state index in [1.165, 1.54) is 16.5 Å². The Hall–Kier alpha value is -1.62. The molecule has 2 fully saturated rings. The van der Waals surface area contributed by atoms with Crippen LogP contribution in [0.3, 0.4) is 0 Å². The van der Waals surface area contributed by atoms with E-state index >= 15 is 0 Å². The van der Waals surface area contributed by atoms with Crippen LogP contribution in [0, 0.1) is 12.3 Å². The highest BCUT2D eigenvalue weighted by molar-refractivity contribution is 5.88. The molecule has 0 unspecified atom stereocenters. The van der Waals surface area contributed by atoms with Crippen LogP contribution in [0.2, 0.25) is 0 Å². The van der Waals surface area contributed by atoms with Gasteiger partial charge in [0.25, 0.3) is 0 Å². The van der Waals surface area contributed by atoms with Crippen LogP contribution in [0.4, 0.5) is 8.78 Å². The Bertz CT molecular complexity index is 775. The molecule has 0 amide bonds. The van der Waals surface area contributed by atoms with E-state index in [9.17, 15) is 8.78 Å². The van der Waals surface area contributed by atoms with Crippen molar-refractivity contribution < 1.29 is 13.5 Å². The smallest absolute Gasteiger partial charge is 0.248 e. The number of hydrogen-bond acceptors (Lipinski definition) is 2. The molecule has 1 saturated carbocycles. The Morgan fingerprint density at radius 3 is 2.60 bits per heavy atom. The maximum Gasteiger partial charge on any atom is 0.248 e. The van der Waals surface area contributed by atoms with Gasteiger partial charge in [0.15, 0.2) is 0 Å². The maximum absolute atomic E-state index is 13.7. The average Bonchev–Trinajstić information content (AvgIpc) is 3.17. The number of ether oxygens (including phenoxy) is 1. The van der Waals surface area contributed by atoms with E-state index in [4.69, 9.17) is 4.74 Å². The zero-order valence-corrected chi connectivity index (χ0v) is 15.0. The molecule has 1 aromatic carbocycles. The Morgan fingerprint density at radius 1 is 1.20 bits per heavy atom. The second-order valence-electron chi connectivity index (χ2n) is 7.95. The van der Waals surface area contributed by atoms with Crippen molar-refractivity contribution in [3.63, 3.8) is 0 Å². The third-order valence-electron chi connectivity index (χ3n) is 6.28. The summed E-state index contributed by atoms with van der Waals surface area (Å²) in [5.41, 5.74) is 3.39. The van der Waals surface area contributed by atoms with Crippen molar-refractivity contribution in [1.29, 1.82) is 0 Å². The fraction of sp³-hybridized carbons (Fsp3) is 0.600. The molecule has 1 saturated heterocycles. The second kappa shape index (κ2) is 5.97. The Morgan fingerprint density at radius 2 is 1.96 bits per heavy atom. The Kier molecular flexibility index (Phi) is 4.02. The van der Waals surface area contributed by atoms with E-state index in [0.717, 1.165) is 43.7 Å². The van der Waals surface area contributed by atoms with Gasteiger partial charge in [-0.3, -0.25) is 4.90 Å². The molecule has 25 heavy (non-hydrogen) atoms. The third kappa shape index (κ3) is 3.03. The van der Waals surface area contributed by atoms with Gasteiger partial charge in [-0.1, -0.05) is 0 Å². The molecule has 1 N–H and O–H groups in total. The van der Waals surface area contributed by atoms with Crippen LogP contribution < -0.4 is 4.74 Å². The van der Waals surface area contributed by atoms with Crippen LogP contribution in [-0.4, -0.2) is 36.0 Å². The van der Waals surface area contributed by atoms with E-state index < -0.39 is 5.92 Å². The first-order chi connectivity index (χ1) is 11.9. The molecule has 2 heterocycles. The summed E-state index contributed by atoms with van der Waals surface area (Å²) in [6.45, 7) is 4.67. The number of aromatic amines is 1. The van der Waals surface area contributed by atoms with Gasteiger partial charge in [0.05, 0.1) is 7.11 Å². The van der Waals surface area contributed by atoms with Crippen LogP contribution in [0.1, 0.15) is 43.2 Å². The van der Waals surface area contributed by atoms with E-state index in [1.807, 2.05) is 6.20 Å². The molecule has 1 spiro atoms. The van der Waals surface area contributed by atoms with Crippen LogP contribution in [0.25, 0.3) is 10.9 Å². The first-order valence-corrected chi connectivity index (χ1v) is 9.15. The number of nitrogens with zero attached hydrogens (tertiary/aromatic N) is 1. The highest BCUT2D eigenvalue weighted by Crippen LogP contribution is 2.53. The van der Waals surface area contributed by atoms with Crippen molar-refractivity contribution in [2.24, 2.45) is 5.41 Å². The molecular formula is C20H26F2N2O. The van der Waals surface area contributed by atoms with E-state index in [-0.39, 0.29) is 18.3 Å². The molecule has 1 aliphatic heterocycles. The highest BCUT2D eigenvalue weighted by Gasteiger charge is 2.50. The van der Waals surface area contributed by atoms with Crippen molar-refractivity contribution in [3.05, 3.63) is 29.5 Å². The van der Waals surface area contributed by atoms with Gasteiger partial charge in [-0.2, -0.15) is 0 Å². The summed E-state index contributed by atoms with van der Waals surface area (Å²) >= 11 is 0. The molecule has 136 valence electrons. The number of hydrogen-bond donors (Lipinski definition) is 1. The van der Waals surface area contributed by atoms with Gasteiger partial charge in [0, 0.05) is 42.0 Å². The zero-order chi connectivity index (χ0) is 17.7. The first-order valence-electron chi connectivity index (χ1n) is 9.15.